The highest BCUT2D eigenvalue weighted by Gasteiger charge is 2.26. The minimum Gasteiger partial charge on any atom is -0.467 e. The van der Waals surface area contributed by atoms with Gasteiger partial charge in [-0.15, -0.1) is 0 Å². The molecule has 3 aromatic rings. The minimum absolute atomic E-state index is 0.0713. The molecule has 7 nitrogen and oxygen atoms in total. The summed E-state index contributed by atoms with van der Waals surface area (Å²) in [5.41, 5.74) is 0.829. The molecular weight excluding hydrogens is 414 g/mol. The van der Waals surface area contributed by atoms with Crippen LogP contribution >= 0.6 is 11.6 Å². The number of pyridine rings is 1. The molecule has 2 heterocycles. The Labute approximate surface area is 174 Å². The van der Waals surface area contributed by atoms with Crippen molar-refractivity contribution in [2.75, 3.05) is 13.6 Å². The van der Waals surface area contributed by atoms with Gasteiger partial charge >= 0.3 is 0 Å². The quantitative estimate of drug-likeness (QED) is 0.544. The molecule has 1 aromatic carbocycles. The lowest BCUT2D eigenvalue weighted by Gasteiger charge is -2.25. The molecule has 0 atom stereocenters. The molecule has 0 saturated carbocycles. The standard InChI is InChI=1S/C20H20ClN3O4S/c1-23(29(26,27)19-8-6-17(21)7-9-19)15-20(25)24(14-18-5-3-11-28-18)13-16-4-2-10-22-12-16/h2-12H,13-15H2,1H3. The minimum atomic E-state index is -3.83. The molecule has 0 spiro atoms. The van der Waals surface area contributed by atoms with Crippen molar-refractivity contribution in [3.8, 4) is 0 Å². The molecule has 0 radical (unpaired) electrons. The molecule has 9 heteroatoms. The Hall–Kier alpha value is -2.68. The second-order valence-corrected chi connectivity index (χ2v) is 8.89. The van der Waals surface area contributed by atoms with E-state index in [1.54, 1.807) is 30.6 Å². The van der Waals surface area contributed by atoms with E-state index in [9.17, 15) is 13.2 Å². The largest absolute Gasteiger partial charge is 0.467 e. The zero-order chi connectivity index (χ0) is 20.9. The molecular formula is C20H20ClN3O4S. The molecule has 29 heavy (non-hydrogen) atoms. The Bertz CT molecular complexity index is 1040. The number of sulfonamides is 1. The number of benzene rings is 1. The van der Waals surface area contributed by atoms with Crippen LogP contribution < -0.4 is 0 Å². The number of nitrogens with zero attached hydrogens (tertiary/aromatic N) is 3. The van der Waals surface area contributed by atoms with E-state index in [2.05, 4.69) is 4.98 Å². The first-order valence-corrected chi connectivity index (χ1v) is 10.6. The maximum atomic E-state index is 13.0. The number of amides is 1. The molecule has 0 saturated heterocycles. The number of carbonyl (C=O) groups is 1. The van der Waals surface area contributed by atoms with Crippen LogP contribution in [0.4, 0.5) is 0 Å². The molecule has 0 fully saturated rings. The number of furan rings is 1. The van der Waals surface area contributed by atoms with Gasteiger partial charge in [0.05, 0.1) is 24.2 Å². The van der Waals surface area contributed by atoms with E-state index >= 15 is 0 Å². The van der Waals surface area contributed by atoms with Gasteiger partial charge in [0.1, 0.15) is 5.76 Å². The fraction of sp³-hybridized carbons (Fsp3) is 0.200. The van der Waals surface area contributed by atoms with E-state index < -0.39 is 10.0 Å². The normalized spacial score (nSPS) is 11.6. The fourth-order valence-electron chi connectivity index (χ4n) is 2.70. The predicted octanol–water partition coefficient (Wildman–Crippen LogP) is 3.18. The van der Waals surface area contributed by atoms with Gasteiger partial charge in [0, 0.05) is 31.0 Å². The van der Waals surface area contributed by atoms with Crippen LogP contribution in [-0.2, 0) is 27.9 Å². The van der Waals surface area contributed by atoms with Gasteiger partial charge in [-0.05, 0) is 48.0 Å². The van der Waals surface area contributed by atoms with E-state index in [0.29, 0.717) is 10.8 Å². The van der Waals surface area contributed by atoms with Crippen molar-refractivity contribution >= 4 is 27.5 Å². The summed E-state index contributed by atoms with van der Waals surface area (Å²) in [6, 6.07) is 12.9. The Kier molecular flexibility index (Phi) is 6.68. The van der Waals surface area contributed by atoms with Crippen molar-refractivity contribution in [3.63, 3.8) is 0 Å². The first-order chi connectivity index (χ1) is 13.9. The molecule has 0 N–H and O–H groups in total. The first-order valence-electron chi connectivity index (χ1n) is 8.77. The van der Waals surface area contributed by atoms with Crippen LogP contribution in [0, 0.1) is 0 Å². The van der Waals surface area contributed by atoms with Gasteiger partial charge in [-0.25, -0.2) is 8.42 Å². The number of hydrogen-bond donors (Lipinski definition) is 0. The van der Waals surface area contributed by atoms with Crippen LogP contribution in [0.1, 0.15) is 11.3 Å². The van der Waals surface area contributed by atoms with Gasteiger partial charge in [-0.3, -0.25) is 9.78 Å². The summed E-state index contributed by atoms with van der Waals surface area (Å²) in [5, 5.41) is 0.434. The third kappa shape index (κ3) is 5.44. The highest BCUT2D eigenvalue weighted by atomic mass is 35.5. The van der Waals surface area contributed by atoms with Crippen molar-refractivity contribution in [2.45, 2.75) is 18.0 Å². The van der Waals surface area contributed by atoms with Crippen molar-refractivity contribution in [1.29, 1.82) is 0 Å². The summed E-state index contributed by atoms with van der Waals surface area (Å²) >= 11 is 5.83. The number of likely N-dealkylation sites (N-methyl/N-ethyl adjacent to an activating group) is 1. The average Bonchev–Trinajstić information content (AvgIpc) is 3.21. The van der Waals surface area contributed by atoms with Crippen LogP contribution in [0.2, 0.25) is 5.02 Å². The third-order valence-electron chi connectivity index (χ3n) is 4.26. The third-order valence-corrected chi connectivity index (χ3v) is 6.33. The first kappa shape index (κ1) is 21.0. The van der Waals surface area contributed by atoms with Gasteiger partial charge in [0.25, 0.3) is 0 Å². The maximum Gasteiger partial charge on any atom is 0.243 e. The summed E-state index contributed by atoms with van der Waals surface area (Å²) in [6.07, 6.45) is 4.84. The summed E-state index contributed by atoms with van der Waals surface area (Å²) in [6.45, 7) is 0.184. The van der Waals surface area contributed by atoms with Gasteiger partial charge in [0.15, 0.2) is 0 Å². The highest BCUT2D eigenvalue weighted by molar-refractivity contribution is 7.89. The summed E-state index contributed by atoms with van der Waals surface area (Å²) in [5.74, 6) is 0.246. The predicted molar refractivity (Wildman–Crippen MR) is 108 cm³/mol. The second kappa shape index (κ2) is 9.21. The Morgan fingerprint density at radius 2 is 1.86 bits per heavy atom. The highest BCUT2D eigenvalue weighted by Crippen LogP contribution is 2.18. The molecule has 0 aliphatic heterocycles. The molecule has 2 aromatic heterocycles. The van der Waals surface area contributed by atoms with E-state index in [-0.39, 0.29) is 30.4 Å². The second-order valence-electron chi connectivity index (χ2n) is 6.41. The summed E-state index contributed by atoms with van der Waals surface area (Å²) in [4.78, 5) is 18.6. The van der Waals surface area contributed by atoms with Gasteiger partial charge < -0.3 is 9.32 Å². The lowest BCUT2D eigenvalue weighted by Crippen LogP contribution is -2.40. The number of rotatable bonds is 8. The monoisotopic (exact) mass is 433 g/mol. The van der Waals surface area contributed by atoms with E-state index in [1.165, 1.54) is 42.5 Å². The van der Waals surface area contributed by atoms with Crippen LogP contribution in [0.5, 0.6) is 0 Å². The van der Waals surface area contributed by atoms with E-state index in [0.717, 1.165) is 9.87 Å². The summed E-state index contributed by atoms with van der Waals surface area (Å²) in [7, 11) is -2.46. The van der Waals surface area contributed by atoms with Crippen molar-refractivity contribution in [1.82, 2.24) is 14.2 Å². The SMILES string of the molecule is CN(CC(=O)N(Cc1cccnc1)Cc1ccco1)S(=O)(=O)c1ccc(Cl)cc1. The zero-order valence-electron chi connectivity index (χ0n) is 15.7. The lowest BCUT2D eigenvalue weighted by atomic mass is 10.2. The van der Waals surface area contributed by atoms with Crippen LogP contribution in [-0.4, -0.2) is 42.1 Å². The van der Waals surface area contributed by atoms with Crippen LogP contribution in [0.3, 0.4) is 0 Å². The molecule has 0 aliphatic rings. The number of hydrogen-bond acceptors (Lipinski definition) is 5. The Balaban J connectivity index is 1.76. The van der Waals surface area contributed by atoms with Crippen molar-refractivity contribution in [2.24, 2.45) is 0 Å². The van der Waals surface area contributed by atoms with Gasteiger partial charge in [-0.1, -0.05) is 17.7 Å². The van der Waals surface area contributed by atoms with Crippen molar-refractivity contribution < 1.29 is 17.6 Å². The molecule has 0 unspecified atom stereocenters. The molecule has 152 valence electrons. The Morgan fingerprint density at radius 3 is 2.48 bits per heavy atom. The number of halogens is 1. The zero-order valence-corrected chi connectivity index (χ0v) is 17.3. The fourth-order valence-corrected chi connectivity index (χ4v) is 3.94. The lowest BCUT2D eigenvalue weighted by molar-refractivity contribution is -0.132. The van der Waals surface area contributed by atoms with Gasteiger partial charge in [0.2, 0.25) is 15.9 Å². The smallest absolute Gasteiger partial charge is 0.243 e. The van der Waals surface area contributed by atoms with Crippen LogP contribution in [0.15, 0.2) is 76.5 Å². The topological polar surface area (TPSA) is 83.7 Å². The molecule has 0 aliphatic carbocycles. The average molecular weight is 434 g/mol. The van der Waals surface area contributed by atoms with Crippen molar-refractivity contribution in [3.05, 3.63) is 83.5 Å². The van der Waals surface area contributed by atoms with Crippen LogP contribution in [0.25, 0.3) is 0 Å². The molecule has 3 rings (SSSR count). The van der Waals surface area contributed by atoms with Gasteiger partial charge in [-0.2, -0.15) is 4.31 Å². The van der Waals surface area contributed by atoms with E-state index in [1.807, 2.05) is 6.07 Å². The molecule has 1 amide bonds. The number of carbonyl (C=O) groups excluding carboxylic acids is 1. The summed E-state index contributed by atoms with van der Waals surface area (Å²) < 4.78 is 31.9. The number of aromatic nitrogens is 1. The maximum absolute atomic E-state index is 13.0. The molecule has 0 bridgehead atoms. The van der Waals surface area contributed by atoms with E-state index in [4.69, 9.17) is 16.0 Å². The Morgan fingerprint density at radius 1 is 1.10 bits per heavy atom.